The Hall–Kier alpha value is -2.11. The van der Waals surface area contributed by atoms with Gasteiger partial charge in [-0.3, -0.25) is 4.79 Å². The molecule has 24 heavy (non-hydrogen) atoms. The van der Waals surface area contributed by atoms with Crippen LogP contribution in [-0.4, -0.2) is 18.4 Å². The van der Waals surface area contributed by atoms with Gasteiger partial charge in [0.1, 0.15) is 11.7 Å². The van der Waals surface area contributed by atoms with Crippen molar-refractivity contribution in [1.29, 1.82) is 0 Å². The van der Waals surface area contributed by atoms with E-state index in [1.807, 2.05) is 18.2 Å². The molecule has 0 radical (unpaired) electrons. The van der Waals surface area contributed by atoms with Crippen LogP contribution in [0.1, 0.15) is 42.7 Å². The highest BCUT2D eigenvalue weighted by Crippen LogP contribution is 2.43. The number of hydrogen-bond acceptors (Lipinski definition) is 3. The van der Waals surface area contributed by atoms with Crippen LogP contribution in [-0.2, 0) is 11.3 Å². The summed E-state index contributed by atoms with van der Waals surface area (Å²) in [5, 5.41) is 10.3. The van der Waals surface area contributed by atoms with Crippen molar-refractivity contribution in [3.8, 4) is 0 Å². The first-order valence-corrected chi connectivity index (χ1v) is 8.44. The van der Waals surface area contributed by atoms with Gasteiger partial charge >= 0.3 is 0 Å². The van der Waals surface area contributed by atoms with E-state index in [4.69, 9.17) is 0 Å². The first-order valence-electron chi connectivity index (χ1n) is 8.44. The SMILES string of the molecule is O=C(NCc1ccccc1C1CC1)C1=C(C(F)F)N=NC1C1CC1. The van der Waals surface area contributed by atoms with E-state index in [1.54, 1.807) is 0 Å². The Morgan fingerprint density at radius 3 is 2.62 bits per heavy atom. The lowest BCUT2D eigenvalue weighted by atomic mass is 10.0. The maximum Gasteiger partial charge on any atom is 0.282 e. The van der Waals surface area contributed by atoms with E-state index in [2.05, 4.69) is 21.6 Å². The highest BCUT2D eigenvalue weighted by molar-refractivity contribution is 5.96. The number of carbonyl (C=O) groups excluding carboxylic acids is 1. The van der Waals surface area contributed by atoms with Crippen LogP contribution in [0.15, 0.2) is 45.8 Å². The van der Waals surface area contributed by atoms with Gasteiger partial charge in [-0.1, -0.05) is 24.3 Å². The van der Waals surface area contributed by atoms with E-state index in [0.717, 1.165) is 18.4 Å². The van der Waals surface area contributed by atoms with Crippen LogP contribution in [0.2, 0.25) is 0 Å². The van der Waals surface area contributed by atoms with Crippen LogP contribution < -0.4 is 5.32 Å². The molecular formula is C18H19F2N3O. The van der Waals surface area contributed by atoms with Crippen molar-refractivity contribution in [3.05, 3.63) is 46.7 Å². The number of alkyl halides is 2. The van der Waals surface area contributed by atoms with Crippen molar-refractivity contribution < 1.29 is 13.6 Å². The molecule has 4 nitrogen and oxygen atoms in total. The monoisotopic (exact) mass is 331 g/mol. The molecule has 1 aromatic carbocycles. The second-order valence-corrected chi connectivity index (χ2v) is 6.75. The summed E-state index contributed by atoms with van der Waals surface area (Å²) in [6.45, 7) is 0.350. The summed E-state index contributed by atoms with van der Waals surface area (Å²) >= 11 is 0. The van der Waals surface area contributed by atoms with Gasteiger partial charge in [0.2, 0.25) is 0 Å². The van der Waals surface area contributed by atoms with Gasteiger partial charge in [-0.2, -0.15) is 10.2 Å². The fraction of sp³-hybridized carbons (Fsp3) is 0.500. The number of rotatable bonds is 6. The smallest absolute Gasteiger partial charge is 0.282 e. The molecule has 2 aliphatic carbocycles. The molecule has 1 atom stereocenters. The van der Waals surface area contributed by atoms with Gasteiger partial charge in [0.25, 0.3) is 12.3 Å². The summed E-state index contributed by atoms with van der Waals surface area (Å²) in [5.74, 6) is 0.298. The highest BCUT2D eigenvalue weighted by Gasteiger charge is 2.42. The summed E-state index contributed by atoms with van der Waals surface area (Å²) in [6, 6.07) is 7.50. The van der Waals surface area contributed by atoms with E-state index >= 15 is 0 Å². The third kappa shape index (κ3) is 2.97. The van der Waals surface area contributed by atoms with Gasteiger partial charge in [-0.25, -0.2) is 8.78 Å². The Morgan fingerprint density at radius 2 is 1.96 bits per heavy atom. The number of azo groups is 1. The Labute approximate surface area is 139 Å². The lowest BCUT2D eigenvalue weighted by Crippen LogP contribution is -2.30. The third-order valence-corrected chi connectivity index (χ3v) is 4.89. The molecule has 0 spiro atoms. The molecule has 1 aliphatic heterocycles. The van der Waals surface area contributed by atoms with Crippen LogP contribution >= 0.6 is 0 Å². The molecule has 0 bridgehead atoms. The van der Waals surface area contributed by atoms with Crippen LogP contribution in [0.25, 0.3) is 0 Å². The zero-order chi connectivity index (χ0) is 16.7. The second kappa shape index (κ2) is 6.07. The van der Waals surface area contributed by atoms with E-state index < -0.39 is 24.1 Å². The normalized spacial score (nSPS) is 23.2. The number of halogens is 2. The summed E-state index contributed by atoms with van der Waals surface area (Å²) in [7, 11) is 0. The number of nitrogens with one attached hydrogen (secondary N) is 1. The summed E-state index contributed by atoms with van der Waals surface area (Å²) < 4.78 is 26.3. The van der Waals surface area contributed by atoms with Crippen LogP contribution in [0, 0.1) is 5.92 Å². The summed E-state index contributed by atoms with van der Waals surface area (Å²) in [4.78, 5) is 12.6. The topological polar surface area (TPSA) is 53.8 Å². The van der Waals surface area contributed by atoms with Crippen LogP contribution in [0.4, 0.5) is 8.78 Å². The molecule has 1 N–H and O–H groups in total. The number of allylic oxidation sites excluding steroid dienone is 1. The quantitative estimate of drug-likeness (QED) is 0.843. The molecule has 126 valence electrons. The summed E-state index contributed by atoms with van der Waals surface area (Å²) in [5.41, 5.74) is 1.92. The van der Waals surface area contributed by atoms with E-state index in [1.165, 1.54) is 18.4 Å². The molecule has 2 fully saturated rings. The average molecular weight is 331 g/mol. The maximum absolute atomic E-state index is 13.2. The van der Waals surface area contributed by atoms with Gasteiger partial charge in [0.05, 0.1) is 5.57 Å². The Bertz CT molecular complexity index is 721. The van der Waals surface area contributed by atoms with Crippen molar-refractivity contribution in [3.63, 3.8) is 0 Å². The zero-order valence-electron chi connectivity index (χ0n) is 13.2. The van der Waals surface area contributed by atoms with Crippen molar-refractivity contribution >= 4 is 5.91 Å². The minimum atomic E-state index is -2.77. The van der Waals surface area contributed by atoms with E-state index in [-0.39, 0.29) is 11.5 Å². The van der Waals surface area contributed by atoms with Crippen LogP contribution in [0.3, 0.4) is 0 Å². The minimum Gasteiger partial charge on any atom is -0.348 e. The van der Waals surface area contributed by atoms with Crippen molar-refractivity contribution in [1.82, 2.24) is 5.32 Å². The number of carbonyl (C=O) groups is 1. The molecule has 3 aliphatic rings. The third-order valence-electron chi connectivity index (χ3n) is 4.89. The number of benzene rings is 1. The predicted molar refractivity (Wildman–Crippen MR) is 84.7 cm³/mol. The number of amides is 1. The van der Waals surface area contributed by atoms with E-state index in [9.17, 15) is 13.6 Å². The highest BCUT2D eigenvalue weighted by atomic mass is 19.3. The fourth-order valence-corrected chi connectivity index (χ4v) is 3.30. The standard InChI is InChI=1S/C18H19F2N3O/c19-17(20)16-14(15(22-23-16)11-7-8-11)18(24)21-9-12-3-1-2-4-13(12)10-5-6-10/h1-4,10-11,15,17H,5-9H2,(H,21,24). The van der Waals surface area contributed by atoms with Gasteiger partial charge in [0.15, 0.2) is 0 Å². The summed E-state index contributed by atoms with van der Waals surface area (Å²) in [6.07, 6.45) is 1.42. The molecule has 1 amide bonds. The molecule has 6 heteroatoms. The molecular weight excluding hydrogens is 312 g/mol. The number of hydrogen-bond donors (Lipinski definition) is 1. The fourth-order valence-electron chi connectivity index (χ4n) is 3.30. The van der Waals surface area contributed by atoms with Crippen molar-refractivity contribution in [2.75, 3.05) is 0 Å². The van der Waals surface area contributed by atoms with Crippen LogP contribution in [0.5, 0.6) is 0 Å². The Balaban J connectivity index is 1.50. The first-order chi connectivity index (χ1) is 11.6. The van der Waals surface area contributed by atoms with Gasteiger partial charge < -0.3 is 5.32 Å². The molecule has 2 saturated carbocycles. The van der Waals surface area contributed by atoms with Gasteiger partial charge in [-0.05, 0) is 48.6 Å². The lowest BCUT2D eigenvalue weighted by Gasteiger charge is -2.14. The first kappa shape index (κ1) is 15.4. The largest absolute Gasteiger partial charge is 0.348 e. The van der Waals surface area contributed by atoms with Gasteiger partial charge in [0, 0.05) is 6.54 Å². The average Bonchev–Trinajstić information content (AvgIpc) is 3.50. The van der Waals surface area contributed by atoms with Crippen molar-refractivity contribution in [2.24, 2.45) is 16.1 Å². The maximum atomic E-state index is 13.2. The molecule has 0 aromatic heterocycles. The molecule has 1 aromatic rings. The Morgan fingerprint density at radius 1 is 1.21 bits per heavy atom. The van der Waals surface area contributed by atoms with E-state index in [0.29, 0.717) is 12.5 Å². The minimum absolute atomic E-state index is 0.0661. The van der Waals surface area contributed by atoms with Gasteiger partial charge in [-0.15, -0.1) is 0 Å². The molecule has 1 heterocycles. The number of nitrogens with zero attached hydrogens (tertiary/aromatic N) is 2. The lowest BCUT2D eigenvalue weighted by molar-refractivity contribution is -0.118. The molecule has 0 saturated heterocycles. The van der Waals surface area contributed by atoms with Crippen molar-refractivity contribution in [2.45, 2.75) is 50.6 Å². The molecule has 4 rings (SSSR count). The zero-order valence-corrected chi connectivity index (χ0v) is 13.2. The second-order valence-electron chi connectivity index (χ2n) is 6.75. The Kier molecular flexibility index (Phi) is 3.90. The molecule has 1 unspecified atom stereocenters. The predicted octanol–water partition coefficient (Wildman–Crippen LogP) is 3.94.